The molecule has 0 saturated carbocycles. The van der Waals surface area contributed by atoms with Crippen molar-refractivity contribution in [3.05, 3.63) is 70.3 Å². The summed E-state index contributed by atoms with van der Waals surface area (Å²) in [5, 5.41) is 11.2. The summed E-state index contributed by atoms with van der Waals surface area (Å²) in [4.78, 5) is 11.7. The number of nitrogens with one attached hydrogen (secondary N) is 1. The molecular formula is C19H24N3O4S+. The Labute approximate surface area is 159 Å². The highest BCUT2D eigenvalue weighted by molar-refractivity contribution is 7.89. The molecule has 0 aliphatic carbocycles. The van der Waals surface area contributed by atoms with Crippen LogP contribution in [0, 0.1) is 10.1 Å². The maximum absolute atomic E-state index is 12.8. The molecule has 1 N–H and O–H groups in total. The highest BCUT2D eigenvalue weighted by Crippen LogP contribution is 2.26. The normalized spacial score (nSPS) is 16.3. The molecule has 0 unspecified atom stereocenters. The fraction of sp³-hybridized carbons (Fsp3) is 0.368. The molecule has 1 heterocycles. The molecule has 1 aliphatic heterocycles. The molecule has 0 radical (unpaired) electrons. The van der Waals surface area contributed by atoms with Gasteiger partial charge >= 0.3 is 0 Å². The molecule has 1 aliphatic rings. The minimum absolute atomic E-state index is 0.220. The molecule has 0 amide bonds. The van der Waals surface area contributed by atoms with Crippen LogP contribution >= 0.6 is 0 Å². The van der Waals surface area contributed by atoms with Crippen molar-refractivity contribution in [2.24, 2.45) is 0 Å². The Hall–Kier alpha value is -2.29. The van der Waals surface area contributed by atoms with E-state index in [9.17, 15) is 18.5 Å². The quantitative estimate of drug-likeness (QED) is 0.567. The first-order valence-corrected chi connectivity index (χ1v) is 10.5. The van der Waals surface area contributed by atoms with Crippen LogP contribution in [0.1, 0.15) is 12.0 Å². The number of nitro groups is 1. The number of nitrogens with zero attached hydrogens (tertiary/aromatic N) is 2. The zero-order valence-corrected chi connectivity index (χ0v) is 15.9. The first-order chi connectivity index (χ1) is 13.0. The van der Waals surface area contributed by atoms with Crippen LogP contribution in [-0.4, -0.2) is 50.4 Å². The van der Waals surface area contributed by atoms with Gasteiger partial charge in [-0.3, -0.25) is 10.1 Å². The molecule has 1 saturated heterocycles. The molecule has 0 aromatic heterocycles. The van der Waals surface area contributed by atoms with E-state index < -0.39 is 14.9 Å². The lowest BCUT2D eigenvalue weighted by Gasteiger charge is -2.31. The van der Waals surface area contributed by atoms with Crippen molar-refractivity contribution in [3.8, 4) is 0 Å². The second-order valence-corrected chi connectivity index (χ2v) is 8.62. The number of hydrogen-bond acceptors (Lipinski definition) is 4. The van der Waals surface area contributed by atoms with E-state index >= 15 is 0 Å². The van der Waals surface area contributed by atoms with Gasteiger partial charge in [0, 0.05) is 12.5 Å². The lowest BCUT2D eigenvalue weighted by molar-refractivity contribution is -0.903. The van der Waals surface area contributed by atoms with Gasteiger partial charge in [0.05, 0.1) is 37.6 Å². The van der Waals surface area contributed by atoms with E-state index in [1.54, 1.807) is 0 Å². The second kappa shape index (κ2) is 8.60. The number of quaternary nitrogens is 1. The van der Waals surface area contributed by atoms with Gasteiger partial charge in [0.1, 0.15) is 0 Å². The molecule has 0 spiro atoms. The number of para-hydroxylation sites is 1. The molecule has 0 atom stereocenters. The van der Waals surface area contributed by atoms with Crippen LogP contribution in [-0.2, 0) is 16.4 Å². The number of rotatable bonds is 7. The van der Waals surface area contributed by atoms with Crippen LogP contribution < -0.4 is 4.90 Å². The van der Waals surface area contributed by atoms with E-state index in [1.165, 1.54) is 39.0 Å². The number of hydrogen-bond donors (Lipinski definition) is 1. The number of piperazine rings is 1. The van der Waals surface area contributed by atoms with Gasteiger partial charge in [-0.1, -0.05) is 42.5 Å². The highest BCUT2D eigenvalue weighted by atomic mass is 32.2. The van der Waals surface area contributed by atoms with Crippen LogP contribution in [0.3, 0.4) is 0 Å². The summed E-state index contributed by atoms with van der Waals surface area (Å²) in [6.45, 7) is 3.20. The number of benzene rings is 2. The largest absolute Gasteiger partial charge is 0.333 e. The van der Waals surface area contributed by atoms with Crippen molar-refractivity contribution in [2.75, 3.05) is 32.7 Å². The van der Waals surface area contributed by atoms with Gasteiger partial charge in [-0.2, -0.15) is 4.31 Å². The molecule has 2 aromatic rings. The maximum atomic E-state index is 12.8. The number of aryl methyl sites for hydroxylation is 1. The fourth-order valence-electron chi connectivity index (χ4n) is 3.45. The summed E-state index contributed by atoms with van der Waals surface area (Å²) in [6.07, 6.45) is 2.07. The predicted octanol–water partition coefficient (Wildman–Crippen LogP) is 1.12. The SMILES string of the molecule is O=[N+]([O-])c1ccccc1S(=O)(=O)N1CC[NH+](CCCc2ccccc2)CC1. The summed E-state index contributed by atoms with van der Waals surface area (Å²) >= 11 is 0. The minimum atomic E-state index is -3.85. The molecule has 1 fully saturated rings. The number of nitro benzene ring substituents is 1. The van der Waals surface area contributed by atoms with E-state index in [4.69, 9.17) is 0 Å². The van der Waals surface area contributed by atoms with Gasteiger partial charge < -0.3 is 4.90 Å². The van der Waals surface area contributed by atoms with E-state index in [2.05, 4.69) is 12.1 Å². The average molecular weight is 390 g/mol. The summed E-state index contributed by atoms with van der Waals surface area (Å²) in [7, 11) is -3.85. The van der Waals surface area contributed by atoms with E-state index in [0.717, 1.165) is 19.4 Å². The summed E-state index contributed by atoms with van der Waals surface area (Å²) in [5.74, 6) is 0. The maximum Gasteiger partial charge on any atom is 0.289 e. The topological polar surface area (TPSA) is 85.0 Å². The molecule has 7 nitrogen and oxygen atoms in total. The van der Waals surface area contributed by atoms with Gasteiger partial charge in [-0.25, -0.2) is 8.42 Å². The van der Waals surface area contributed by atoms with Gasteiger partial charge in [-0.15, -0.1) is 0 Å². The lowest BCUT2D eigenvalue weighted by Crippen LogP contribution is -3.14. The van der Waals surface area contributed by atoms with Crippen LogP contribution in [0.2, 0.25) is 0 Å². The van der Waals surface area contributed by atoms with Crippen molar-refractivity contribution in [1.82, 2.24) is 4.31 Å². The fourth-order valence-corrected chi connectivity index (χ4v) is 5.04. The van der Waals surface area contributed by atoms with Crippen LogP contribution in [0.4, 0.5) is 5.69 Å². The monoisotopic (exact) mass is 390 g/mol. The van der Waals surface area contributed by atoms with Crippen molar-refractivity contribution >= 4 is 15.7 Å². The molecule has 144 valence electrons. The third kappa shape index (κ3) is 4.71. The Bertz CT molecular complexity index is 879. The number of sulfonamides is 1. The van der Waals surface area contributed by atoms with Gasteiger partial charge in [-0.05, 0) is 18.1 Å². The summed E-state index contributed by atoms with van der Waals surface area (Å²) < 4.78 is 27.0. The Kier molecular flexibility index (Phi) is 6.20. The van der Waals surface area contributed by atoms with Gasteiger partial charge in [0.25, 0.3) is 5.69 Å². The molecular weight excluding hydrogens is 366 g/mol. The third-order valence-electron chi connectivity index (χ3n) is 4.95. The van der Waals surface area contributed by atoms with Crippen molar-refractivity contribution < 1.29 is 18.2 Å². The summed E-state index contributed by atoms with van der Waals surface area (Å²) in [6, 6.07) is 15.9. The smallest absolute Gasteiger partial charge is 0.289 e. The van der Waals surface area contributed by atoms with E-state index in [1.807, 2.05) is 18.2 Å². The van der Waals surface area contributed by atoms with Crippen molar-refractivity contribution in [2.45, 2.75) is 17.7 Å². The molecule has 0 bridgehead atoms. The van der Waals surface area contributed by atoms with Crippen molar-refractivity contribution in [3.63, 3.8) is 0 Å². The van der Waals surface area contributed by atoms with Gasteiger partial charge in [0.15, 0.2) is 4.90 Å². The molecule has 2 aromatic carbocycles. The Morgan fingerprint density at radius 3 is 2.30 bits per heavy atom. The first kappa shape index (κ1) is 19.5. The van der Waals surface area contributed by atoms with E-state index in [0.29, 0.717) is 26.2 Å². The Balaban J connectivity index is 1.56. The molecule has 27 heavy (non-hydrogen) atoms. The average Bonchev–Trinajstić information content (AvgIpc) is 2.69. The minimum Gasteiger partial charge on any atom is -0.333 e. The lowest BCUT2D eigenvalue weighted by atomic mass is 10.1. The summed E-state index contributed by atoms with van der Waals surface area (Å²) in [5.41, 5.74) is 0.949. The van der Waals surface area contributed by atoms with Crippen molar-refractivity contribution in [1.29, 1.82) is 0 Å². The van der Waals surface area contributed by atoms with Gasteiger partial charge in [0.2, 0.25) is 10.0 Å². The molecule has 8 heteroatoms. The molecule has 3 rings (SSSR count). The first-order valence-electron chi connectivity index (χ1n) is 9.09. The van der Waals surface area contributed by atoms with Crippen LogP contribution in [0.15, 0.2) is 59.5 Å². The Morgan fingerprint density at radius 1 is 1.00 bits per heavy atom. The van der Waals surface area contributed by atoms with Crippen LogP contribution in [0.5, 0.6) is 0 Å². The Morgan fingerprint density at radius 2 is 1.63 bits per heavy atom. The zero-order valence-electron chi connectivity index (χ0n) is 15.1. The van der Waals surface area contributed by atoms with E-state index in [-0.39, 0.29) is 10.6 Å². The second-order valence-electron chi connectivity index (χ2n) is 6.72. The highest BCUT2D eigenvalue weighted by Gasteiger charge is 2.34. The van der Waals surface area contributed by atoms with Crippen LogP contribution in [0.25, 0.3) is 0 Å². The standard InChI is InChI=1S/C19H23N3O4S/c23-22(24)18-10-4-5-11-19(18)27(25,26)21-15-13-20(14-16-21)12-6-9-17-7-2-1-3-8-17/h1-5,7-8,10-11H,6,9,12-16H2/p+1. The zero-order chi connectivity index (χ0) is 19.3. The third-order valence-corrected chi connectivity index (χ3v) is 6.89. The predicted molar refractivity (Wildman–Crippen MR) is 102 cm³/mol.